The average Bonchev–Trinajstić information content (AvgIpc) is 2.76. The number of hydrogen-bond acceptors (Lipinski definition) is 4. The lowest BCUT2D eigenvalue weighted by atomic mass is 10.3. The number of carboxylic acid groups (broad SMARTS) is 1. The lowest BCUT2D eigenvalue weighted by Crippen LogP contribution is -1.94. The molecule has 0 saturated heterocycles. The molecule has 1 aromatic heterocycles. The molecule has 0 aliphatic heterocycles. The summed E-state index contributed by atoms with van der Waals surface area (Å²) in [4.78, 5) is 15.7. The number of aliphatic carboxylic acids is 1. The fraction of sp³-hybridized carbons (Fsp3) is 0.143. The summed E-state index contributed by atoms with van der Waals surface area (Å²) in [6.07, 6.45) is 2.67. The minimum absolute atomic E-state index is 0.385. The molecule has 98 valence electrons. The number of para-hydroxylation sites is 1. The molecule has 0 spiro atoms. The Morgan fingerprint density at radius 3 is 2.84 bits per heavy atom. The second-order valence-corrected chi connectivity index (χ2v) is 4.95. The molecule has 0 bridgehead atoms. The summed E-state index contributed by atoms with van der Waals surface area (Å²) in [5.74, 6) is -0.173. The highest BCUT2D eigenvalue weighted by molar-refractivity contribution is 7.12. The zero-order chi connectivity index (χ0) is 13.7. The molecule has 0 atom stereocenters. The summed E-state index contributed by atoms with van der Waals surface area (Å²) >= 11 is 1.43. The molecule has 2 aromatic rings. The van der Waals surface area contributed by atoms with Gasteiger partial charge in [0.1, 0.15) is 17.4 Å². The molecule has 4 nitrogen and oxygen atoms in total. The zero-order valence-corrected chi connectivity index (χ0v) is 11.2. The Labute approximate surface area is 115 Å². The maximum atomic E-state index is 10.5. The molecule has 0 unspecified atom stereocenters. The number of ether oxygens (including phenoxy) is 1. The molecule has 19 heavy (non-hydrogen) atoms. The van der Waals surface area contributed by atoms with Gasteiger partial charge in [-0.15, -0.1) is 11.3 Å². The predicted molar refractivity (Wildman–Crippen MR) is 74.3 cm³/mol. The molecule has 0 saturated carbocycles. The van der Waals surface area contributed by atoms with Crippen LogP contribution in [0, 0.1) is 6.92 Å². The maximum absolute atomic E-state index is 10.5. The van der Waals surface area contributed by atoms with Crippen LogP contribution in [-0.2, 0) is 11.4 Å². The molecular weight excluding hydrogens is 262 g/mol. The zero-order valence-electron chi connectivity index (χ0n) is 10.4. The van der Waals surface area contributed by atoms with Crippen molar-refractivity contribution in [3.63, 3.8) is 0 Å². The summed E-state index contributed by atoms with van der Waals surface area (Å²) in [5.41, 5.74) is 0.814. The Kier molecular flexibility index (Phi) is 4.30. The maximum Gasteiger partial charge on any atom is 0.328 e. The van der Waals surface area contributed by atoms with Gasteiger partial charge >= 0.3 is 5.97 Å². The fourth-order valence-corrected chi connectivity index (χ4v) is 2.37. The van der Waals surface area contributed by atoms with Gasteiger partial charge in [-0.25, -0.2) is 9.78 Å². The smallest absolute Gasteiger partial charge is 0.328 e. The highest BCUT2D eigenvalue weighted by Gasteiger charge is 2.06. The summed E-state index contributed by atoms with van der Waals surface area (Å²) in [6, 6.07) is 9.50. The average molecular weight is 275 g/mol. The minimum atomic E-state index is -0.963. The van der Waals surface area contributed by atoms with Gasteiger partial charge in [-0.3, -0.25) is 0 Å². The number of thiazole rings is 1. The van der Waals surface area contributed by atoms with Crippen molar-refractivity contribution in [1.29, 1.82) is 0 Å². The van der Waals surface area contributed by atoms with Gasteiger partial charge < -0.3 is 9.84 Å². The Balaban J connectivity index is 2.02. The van der Waals surface area contributed by atoms with Gasteiger partial charge in [-0.05, 0) is 25.1 Å². The van der Waals surface area contributed by atoms with E-state index in [0.717, 1.165) is 27.4 Å². The third-order valence-electron chi connectivity index (χ3n) is 2.36. The number of hydrogen-bond donors (Lipinski definition) is 1. The van der Waals surface area contributed by atoms with Crippen molar-refractivity contribution in [3.05, 3.63) is 52.0 Å². The summed E-state index contributed by atoms with van der Waals surface area (Å²) in [5, 5.41) is 9.42. The molecule has 2 rings (SSSR count). The Bertz CT molecular complexity index is 590. The number of carbonyl (C=O) groups is 1. The van der Waals surface area contributed by atoms with E-state index < -0.39 is 5.97 Å². The van der Waals surface area contributed by atoms with Crippen molar-refractivity contribution >= 4 is 23.4 Å². The van der Waals surface area contributed by atoms with Crippen LogP contribution in [0.15, 0.2) is 36.4 Å². The molecule has 0 fully saturated rings. The third-order valence-corrected chi connectivity index (χ3v) is 3.46. The molecule has 5 heteroatoms. The number of rotatable bonds is 5. The van der Waals surface area contributed by atoms with E-state index in [2.05, 4.69) is 4.98 Å². The topological polar surface area (TPSA) is 59.4 Å². The molecule has 0 aliphatic rings. The van der Waals surface area contributed by atoms with Crippen LogP contribution in [0.1, 0.15) is 15.6 Å². The lowest BCUT2D eigenvalue weighted by Gasteiger charge is -2.02. The standard InChI is InChI=1S/C14H13NO3S/c1-10-12(7-8-14(16)17)19-13(15-10)9-18-11-5-3-2-4-6-11/h2-8H,9H2,1H3,(H,16,17)/b8-7+. The molecule has 1 heterocycles. The van der Waals surface area contributed by atoms with E-state index in [0.29, 0.717) is 6.61 Å². The van der Waals surface area contributed by atoms with E-state index in [-0.39, 0.29) is 0 Å². The monoisotopic (exact) mass is 275 g/mol. The number of benzene rings is 1. The molecule has 1 aromatic carbocycles. The minimum Gasteiger partial charge on any atom is -0.486 e. The molecule has 1 N–H and O–H groups in total. The van der Waals surface area contributed by atoms with E-state index in [9.17, 15) is 4.79 Å². The van der Waals surface area contributed by atoms with Crippen LogP contribution >= 0.6 is 11.3 Å². The third kappa shape index (κ3) is 3.93. The SMILES string of the molecule is Cc1nc(COc2ccccc2)sc1/C=C/C(=O)O. The van der Waals surface area contributed by atoms with Gasteiger partial charge in [0, 0.05) is 6.08 Å². The largest absolute Gasteiger partial charge is 0.486 e. The van der Waals surface area contributed by atoms with Crippen LogP contribution in [-0.4, -0.2) is 16.1 Å². The van der Waals surface area contributed by atoms with Crippen molar-refractivity contribution < 1.29 is 14.6 Å². The number of aryl methyl sites for hydroxylation is 1. The van der Waals surface area contributed by atoms with E-state index in [1.165, 1.54) is 11.3 Å². The molecular formula is C14H13NO3S. The van der Waals surface area contributed by atoms with Crippen LogP contribution in [0.2, 0.25) is 0 Å². The van der Waals surface area contributed by atoms with Gasteiger partial charge in [-0.1, -0.05) is 18.2 Å². The highest BCUT2D eigenvalue weighted by Crippen LogP contribution is 2.21. The summed E-state index contributed by atoms with van der Waals surface area (Å²) in [6.45, 7) is 2.24. The molecule has 0 aliphatic carbocycles. The normalized spacial score (nSPS) is 10.8. The van der Waals surface area contributed by atoms with Crippen LogP contribution in [0.25, 0.3) is 6.08 Å². The second kappa shape index (κ2) is 6.15. The summed E-state index contributed by atoms with van der Waals surface area (Å²) < 4.78 is 5.59. The van der Waals surface area contributed by atoms with Crippen molar-refractivity contribution in [3.8, 4) is 5.75 Å². The van der Waals surface area contributed by atoms with Gasteiger partial charge in [0.15, 0.2) is 0 Å². The second-order valence-electron chi connectivity index (χ2n) is 3.83. The Morgan fingerprint density at radius 1 is 1.42 bits per heavy atom. The number of nitrogens with zero attached hydrogens (tertiary/aromatic N) is 1. The first kappa shape index (κ1) is 13.3. The van der Waals surface area contributed by atoms with E-state index in [1.807, 2.05) is 37.3 Å². The van der Waals surface area contributed by atoms with Crippen molar-refractivity contribution in [2.75, 3.05) is 0 Å². The van der Waals surface area contributed by atoms with E-state index >= 15 is 0 Å². The van der Waals surface area contributed by atoms with Gasteiger partial charge in [0.2, 0.25) is 0 Å². The van der Waals surface area contributed by atoms with E-state index in [1.54, 1.807) is 6.08 Å². The van der Waals surface area contributed by atoms with Gasteiger partial charge in [0.05, 0.1) is 10.6 Å². The molecule has 0 amide bonds. The van der Waals surface area contributed by atoms with Crippen molar-refractivity contribution in [1.82, 2.24) is 4.98 Å². The van der Waals surface area contributed by atoms with Gasteiger partial charge in [-0.2, -0.15) is 0 Å². The van der Waals surface area contributed by atoms with Crippen molar-refractivity contribution in [2.24, 2.45) is 0 Å². The van der Waals surface area contributed by atoms with Crippen LogP contribution < -0.4 is 4.74 Å². The fourth-order valence-electron chi connectivity index (χ4n) is 1.49. The lowest BCUT2D eigenvalue weighted by molar-refractivity contribution is -0.131. The van der Waals surface area contributed by atoms with Crippen LogP contribution in [0.3, 0.4) is 0 Å². The van der Waals surface area contributed by atoms with Crippen molar-refractivity contribution in [2.45, 2.75) is 13.5 Å². The Morgan fingerprint density at radius 2 is 2.16 bits per heavy atom. The first-order valence-electron chi connectivity index (χ1n) is 5.70. The highest BCUT2D eigenvalue weighted by atomic mass is 32.1. The predicted octanol–water partition coefficient (Wildman–Crippen LogP) is 3.13. The summed E-state index contributed by atoms with van der Waals surface area (Å²) in [7, 11) is 0. The number of carboxylic acids is 1. The van der Waals surface area contributed by atoms with Crippen LogP contribution in [0.4, 0.5) is 0 Å². The Hall–Kier alpha value is -2.14. The van der Waals surface area contributed by atoms with E-state index in [4.69, 9.17) is 9.84 Å². The molecule has 0 radical (unpaired) electrons. The first-order chi connectivity index (χ1) is 9.15. The number of aromatic nitrogens is 1. The first-order valence-corrected chi connectivity index (χ1v) is 6.52. The van der Waals surface area contributed by atoms with Gasteiger partial charge in [0.25, 0.3) is 0 Å². The van der Waals surface area contributed by atoms with Crippen LogP contribution in [0.5, 0.6) is 5.75 Å². The quantitative estimate of drug-likeness (QED) is 0.852.